The monoisotopic (exact) mass is 209 g/mol. The predicted molar refractivity (Wildman–Crippen MR) is 61.2 cm³/mol. The van der Waals surface area contributed by atoms with Gasteiger partial charge in [-0.25, -0.2) is 0 Å². The predicted octanol–water partition coefficient (Wildman–Crippen LogP) is 0.634. The van der Waals surface area contributed by atoms with Gasteiger partial charge in [0.05, 0.1) is 6.61 Å². The van der Waals surface area contributed by atoms with Crippen LogP contribution in [0.1, 0.15) is 25.0 Å². The Kier molecular flexibility index (Phi) is 3.68. The summed E-state index contributed by atoms with van der Waals surface area (Å²) in [6.07, 6.45) is 0.791. The fraction of sp³-hybridized carbons (Fsp3) is 0.455. The summed E-state index contributed by atoms with van der Waals surface area (Å²) in [5.41, 5.74) is 18.8. The second kappa shape index (κ2) is 4.61. The van der Waals surface area contributed by atoms with Crippen LogP contribution in [0.3, 0.4) is 0 Å². The number of rotatable bonds is 4. The average Bonchev–Trinajstić information content (AvgIpc) is 2.16. The summed E-state index contributed by atoms with van der Waals surface area (Å²) in [7, 11) is 0. The SMILES string of the molecule is CCOc1cccc(C(N)(N)N)c1CC. The molecule has 0 aromatic heterocycles. The molecule has 1 aromatic rings. The Bertz CT molecular complexity index is 331. The van der Waals surface area contributed by atoms with E-state index >= 15 is 0 Å². The van der Waals surface area contributed by atoms with E-state index in [4.69, 9.17) is 21.9 Å². The van der Waals surface area contributed by atoms with Gasteiger partial charge in [0.25, 0.3) is 0 Å². The van der Waals surface area contributed by atoms with Gasteiger partial charge in [0, 0.05) is 11.1 Å². The molecule has 0 bridgehead atoms. The molecule has 1 aromatic carbocycles. The van der Waals surface area contributed by atoms with Gasteiger partial charge in [0.1, 0.15) is 11.5 Å². The van der Waals surface area contributed by atoms with Crippen LogP contribution < -0.4 is 21.9 Å². The summed E-state index contributed by atoms with van der Waals surface area (Å²) >= 11 is 0. The van der Waals surface area contributed by atoms with Crippen LogP contribution in [0, 0.1) is 0 Å². The molecule has 1 rings (SSSR count). The molecule has 4 heteroatoms. The van der Waals surface area contributed by atoms with Crippen molar-refractivity contribution in [2.45, 2.75) is 26.1 Å². The Morgan fingerprint density at radius 1 is 1.20 bits per heavy atom. The van der Waals surface area contributed by atoms with Gasteiger partial charge in [-0.15, -0.1) is 0 Å². The van der Waals surface area contributed by atoms with Crippen molar-refractivity contribution in [3.05, 3.63) is 29.3 Å². The van der Waals surface area contributed by atoms with E-state index in [-0.39, 0.29) is 0 Å². The van der Waals surface area contributed by atoms with Crippen LogP contribution in [0.4, 0.5) is 0 Å². The van der Waals surface area contributed by atoms with Crippen molar-refractivity contribution in [2.75, 3.05) is 6.61 Å². The standard InChI is InChI=1S/C11H19N3O/c1-3-8-9(11(12,13)14)6-5-7-10(8)15-4-2/h5-7H,3-4,12-14H2,1-2H3. The molecule has 6 N–H and O–H groups in total. The topological polar surface area (TPSA) is 87.3 Å². The second-order valence-electron chi connectivity index (χ2n) is 3.50. The van der Waals surface area contributed by atoms with Crippen molar-refractivity contribution in [1.29, 1.82) is 0 Å². The van der Waals surface area contributed by atoms with Gasteiger partial charge in [0.15, 0.2) is 0 Å². The van der Waals surface area contributed by atoms with E-state index in [2.05, 4.69) is 0 Å². The molecule has 0 amide bonds. The molecule has 0 aliphatic rings. The van der Waals surface area contributed by atoms with E-state index in [0.717, 1.165) is 23.3 Å². The molecule has 15 heavy (non-hydrogen) atoms. The average molecular weight is 209 g/mol. The molecule has 0 aliphatic heterocycles. The van der Waals surface area contributed by atoms with Gasteiger partial charge in [-0.3, -0.25) is 17.2 Å². The lowest BCUT2D eigenvalue weighted by molar-refractivity contribution is 0.334. The first kappa shape index (κ1) is 12.0. The highest BCUT2D eigenvalue weighted by atomic mass is 16.5. The molecule has 0 heterocycles. The van der Waals surface area contributed by atoms with Gasteiger partial charge in [-0.2, -0.15) is 0 Å². The third-order valence-electron chi connectivity index (χ3n) is 2.25. The molecule has 0 saturated carbocycles. The van der Waals surface area contributed by atoms with Crippen LogP contribution in [-0.4, -0.2) is 6.61 Å². The quantitative estimate of drug-likeness (QED) is 0.635. The van der Waals surface area contributed by atoms with Gasteiger partial charge in [-0.05, 0) is 19.4 Å². The first-order chi connectivity index (χ1) is 7.00. The van der Waals surface area contributed by atoms with Crippen molar-refractivity contribution >= 4 is 0 Å². The Hall–Kier alpha value is -1.10. The molecule has 0 unspecified atom stereocenters. The third kappa shape index (κ3) is 2.68. The normalized spacial score (nSPS) is 11.5. The van der Waals surface area contributed by atoms with E-state index in [1.807, 2.05) is 32.0 Å². The minimum atomic E-state index is -1.31. The summed E-state index contributed by atoms with van der Waals surface area (Å²) in [6.45, 7) is 4.57. The smallest absolute Gasteiger partial charge is 0.143 e. The van der Waals surface area contributed by atoms with Crippen molar-refractivity contribution in [2.24, 2.45) is 17.2 Å². The molecule has 0 aliphatic carbocycles. The molecule has 84 valence electrons. The maximum Gasteiger partial charge on any atom is 0.143 e. The summed E-state index contributed by atoms with van der Waals surface area (Å²) in [5.74, 6) is -0.499. The fourth-order valence-electron chi connectivity index (χ4n) is 1.63. The van der Waals surface area contributed by atoms with Gasteiger partial charge >= 0.3 is 0 Å². The zero-order chi connectivity index (χ0) is 11.5. The van der Waals surface area contributed by atoms with E-state index in [1.165, 1.54) is 0 Å². The number of nitrogens with two attached hydrogens (primary N) is 3. The van der Waals surface area contributed by atoms with Crippen LogP contribution >= 0.6 is 0 Å². The Labute approximate surface area is 90.4 Å². The molecular formula is C11H19N3O. The fourth-order valence-corrected chi connectivity index (χ4v) is 1.63. The lowest BCUT2D eigenvalue weighted by Crippen LogP contribution is -2.55. The lowest BCUT2D eigenvalue weighted by Gasteiger charge is -2.23. The highest BCUT2D eigenvalue weighted by molar-refractivity contribution is 5.43. The summed E-state index contributed by atoms with van der Waals surface area (Å²) in [4.78, 5) is 0. The first-order valence-electron chi connectivity index (χ1n) is 5.12. The minimum absolute atomic E-state index is 0.614. The maximum atomic E-state index is 5.70. The van der Waals surface area contributed by atoms with Gasteiger partial charge in [-0.1, -0.05) is 19.1 Å². The summed E-state index contributed by atoms with van der Waals surface area (Å²) in [6, 6.07) is 5.58. The molecule has 0 radical (unpaired) electrons. The zero-order valence-corrected chi connectivity index (χ0v) is 9.29. The minimum Gasteiger partial charge on any atom is -0.494 e. The molecule has 4 nitrogen and oxygen atoms in total. The Balaban J connectivity index is 3.22. The Morgan fingerprint density at radius 3 is 2.33 bits per heavy atom. The van der Waals surface area contributed by atoms with Crippen LogP contribution in [0.5, 0.6) is 5.75 Å². The highest BCUT2D eigenvalue weighted by Crippen LogP contribution is 2.25. The maximum absolute atomic E-state index is 5.70. The van der Waals surface area contributed by atoms with Crippen LogP contribution in [0.2, 0.25) is 0 Å². The first-order valence-corrected chi connectivity index (χ1v) is 5.12. The molecule has 0 atom stereocenters. The number of hydrogen-bond acceptors (Lipinski definition) is 4. The number of ether oxygens (including phenoxy) is 1. The van der Waals surface area contributed by atoms with Crippen LogP contribution in [0.15, 0.2) is 18.2 Å². The lowest BCUT2D eigenvalue weighted by atomic mass is 9.99. The van der Waals surface area contributed by atoms with E-state index in [9.17, 15) is 0 Å². The molecular weight excluding hydrogens is 190 g/mol. The largest absolute Gasteiger partial charge is 0.494 e. The molecule has 0 spiro atoms. The van der Waals surface area contributed by atoms with Crippen molar-refractivity contribution in [3.63, 3.8) is 0 Å². The van der Waals surface area contributed by atoms with E-state index in [1.54, 1.807) is 0 Å². The highest BCUT2D eigenvalue weighted by Gasteiger charge is 2.20. The van der Waals surface area contributed by atoms with Gasteiger partial charge < -0.3 is 4.74 Å². The van der Waals surface area contributed by atoms with Crippen LogP contribution in [-0.2, 0) is 12.2 Å². The van der Waals surface area contributed by atoms with Crippen molar-refractivity contribution < 1.29 is 4.74 Å². The van der Waals surface area contributed by atoms with E-state index < -0.39 is 5.79 Å². The molecule has 0 fully saturated rings. The zero-order valence-electron chi connectivity index (χ0n) is 9.29. The van der Waals surface area contributed by atoms with Gasteiger partial charge in [0.2, 0.25) is 0 Å². The van der Waals surface area contributed by atoms with Crippen molar-refractivity contribution in [1.82, 2.24) is 0 Å². The number of hydrogen-bond donors (Lipinski definition) is 3. The summed E-state index contributed by atoms with van der Waals surface area (Å²) < 4.78 is 5.50. The van der Waals surface area contributed by atoms with E-state index in [0.29, 0.717) is 6.61 Å². The molecule has 0 saturated heterocycles. The Morgan fingerprint density at radius 2 is 1.87 bits per heavy atom. The number of benzene rings is 1. The summed E-state index contributed by atoms with van der Waals surface area (Å²) in [5, 5.41) is 0. The second-order valence-corrected chi connectivity index (χ2v) is 3.50. The third-order valence-corrected chi connectivity index (χ3v) is 2.25. The van der Waals surface area contributed by atoms with Crippen LogP contribution in [0.25, 0.3) is 0 Å². The van der Waals surface area contributed by atoms with Crippen molar-refractivity contribution in [3.8, 4) is 5.75 Å².